The van der Waals surface area contributed by atoms with E-state index in [1.807, 2.05) is 13.1 Å². The Balaban J connectivity index is 0.00000156. The van der Waals surface area contributed by atoms with Gasteiger partial charge in [-0.15, -0.1) is 24.8 Å². The topological polar surface area (TPSA) is 33.1 Å². The Morgan fingerprint density at radius 1 is 1.24 bits per heavy atom. The number of halogens is 3. The van der Waals surface area contributed by atoms with Crippen LogP contribution in [-0.2, 0) is 13.1 Å². The van der Waals surface area contributed by atoms with Crippen LogP contribution in [0.1, 0.15) is 32.0 Å². The highest BCUT2D eigenvalue weighted by Crippen LogP contribution is 2.23. The molecular weight excluding hydrogens is 362 g/mol. The van der Waals surface area contributed by atoms with Crippen molar-refractivity contribution in [2.75, 3.05) is 26.7 Å². The quantitative estimate of drug-likeness (QED) is 0.812. The fourth-order valence-corrected chi connectivity index (χ4v) is 3.61. The van der Waals surface area contributed by atoms with Gasteiger partial charge in [-0.2, -0.15) is 0 Å². The van der Waals surface area contributed by atoms with E-state index in [-0.39, 0.29) is 30.6 Å². The van der Waals surface area contributed by atoms with E-state index in [1.54, 1.807) is 0 Å². The second kappa shape index (κ2) is 10.3. The van der Waals surface area contributed by atoms with Gasteiger partial charge in [0.2, 0.25) is 0 Å². The van der Waals surface area contributed by atoms with Gasteiger partial charge in [0.15, 0.2) is 0 Å². The zero-order valence-corrected chi connectivity index (χ0v) is 16.6. The zero-order chi connectivity index (χ0) is 16.2. The molecule has 4 nitrogen and oxygen atoms in total. The summed E-state index contributed by atoms with van der Waals surface area (Å²) >= 11 is 0. The smallest absolute Gasteiger partial charge is 0.125 e. The number of aromatic nitrogens is 2. The SMILES string of the molecule is CCn1c(CN2CCC(CCNC)CC2)nc2cc(F)ccc21.Cl.Cl. The first kappa shape index (κ1) is 22.2. The first-order valence-corrected chi connectivity index (χ1v) is 8.73. The fourth-order valence-electron chi connectivity index (χ4n) is 3.61. The third-order valence-corrected chi connectivity index (χ3v) is 4.98. The van der Waals surface area contributed by atoms with Crippen molar-refractivity contribution in [1.29, 1.82) is 0 Å². The standard InChI is InChI=1S/C18H27FN4.2ClH/c1-3-23-17-5-4-15(19)12-16(17)21-18(23)13-22-10-7-14(8-11-22)6-9-20-2;;/h4-5,12,14,20H,3,6-11,13H2,1-2H3;2*1H. The summed E-state index contributed by atoms with van der Waals surface area (Å²) in [5, 5.41) is 3.24. The molecule has 0 unspecified atom stereocenters. The highest BCUT2D eigenvalue weighted by atomic mass is 35.5. The van der Waals surface area contributed by atoms with Gasteiger partial charge in [0.1, 0.15) is 11.6 Å². The van der Waals surface area contributed by atoms with Crippen molar-refractivity contribution in [3.05, 3.63) is 29.8 Å². The van der Waals surface area contributed by atoms with Crippen LogP contribution in [-0.4, -0.2) is 41.1 Å². The third kappa shape index (κ3) is 5.30. The second-order valence-corrected chi connectivity index (χ2v) is 6.52. The maximum Gasteiger partial charge on any atom is 0.125 e. The lowest BCUT2D eigenvalue weighted by Crippen LogP contribution is -2.34. The van der Waals surface area contributed by atoms with Crippen LogP contribution in [0.2, 0.25) is 0 Å². The molecule has 3 rings (SSSR count). The number of likely N-dealkylation sites (tertiary alicyclic amines) is 1. The molecule has 1 aromatic carbocycles. The fraction of sp³-hybridized carbons (Fsp3) is 0.611. The first-order chi connectivity index (χ1) is 11.2. The van der Waals surface area contributed by atoms with E-state index in [2.05, 4.69) is 26.7 Å². The Bertz CT molecular complexity index is 654. The van der Waals surface area contributed by atoms with Gasteiger partial charge in [0.05, 0.1) is 17.6 Å². The van der Waals surface area contributed by atoms with E-state index in [1.165, 1.54) is 31.4 Å². The van der Waals surface area contributed by atoms with Crippen molar-refractivity contribution in [3.63, 3.8) is 0 Å². The Morgan fingerprint density at radius 3 is 2.60 bits per heavy atom. The lowest BCUT2D eigenvalue weighted by atomic mass is 9.93. The van der Waals surface area contributed by atoms with Crippen LogP contribution in [0, 0.1) is 11.7 Å². The average molecular weight is 391 g/mol. The Hall–Kier alpha value is -0.880. The largest absolute Gasteiger partial charge is 0.327 e. The molecule has 1 aliphatic heterocycles. The number of hydrogen-bond donors (Lipinski definition) is 1. The molecule has 0 aliphatic carbocycles. The molecule has 0 saturated carbocycles. The number of rotatable bonds is 6. The number of nitrogens with zero attached hydrogens (tertiary/aromatic N) is 3. The number of nitrogens with one attached hydrogen (secondary N) is 1. The third-order valence-electron chi connectivity index (χ3n) is 4.98. The normalized spacial score (nSPS) is 15.8. The van der Waals surface area contributed by atoms with Crippen molar-refractivity contribution < 1.29 is 4.39 Å². The van der Waals surface area contributed by atoms with Gasteiger partial charge in [-0.1, -0.05) is 0 Å². The molecule has 0 radical (unpaired) electrons. The van der Waals surface area contributed by atoms with Crippen LogP contribution in [0.25, 0.3) is 11.0 Å². The van der Waals surface area contributed by atoms with E-state index in [0.717, 1.165) is 55.5 Å². The molecule has 1 saturated heterocycles. The molecule has 7 heteroatoms. The summed E-state index contributed by atoms with van der Waals surface area (Å²) in [6, 6.07) is 4.90. The summed E-state index contributed by atoms with van der Waals surface area (Å²) in [7, 11) is 2.02. The number of fused-ring (bicyclic) bond motifs is 1. The van der Waals surface area contributed by atoms with E-state index in [9.17, 15) is 4.39 Å². The molecule has 25 heavy (non-hydrogen) atoms. The summed E-state index contributed by atoms with van der Waals surface area (Å²) in [4.78, 5) is 7.16. The maximum atomic E-state index is 13.4. The minimum atomic E-state index is -0.213. The van der Waals surface area contributed by atoms with E-state index >= 15 is 0 Å². The number of piperidine rings is 1. The lowest BCUT2D eigenvalue weighted by Gasteiger charge is -2.31. The monoisotopic (exact) mass is 390 g/mol. The van der Waals surface area contributed by atoms with E-state index in [4.69, 9.17) is 0 Å². The molecule has 2 heterocycles. The van der Waals surface area contributed by atoms with E-state index in [0.29, 0.717) is 0 Å². The van der Waals surface area contributed by atoms with Gasteiger partial charge in [0, 0.05) is 12.6 Å². The molecule has 0 atom stereocenters. The summed E-state index contributed by atoms with van der Waals surface area (Å²) in [5.41, 5.74) is 1.80. The molecule has 0 amide bonds. The Morgan fingerprint density at radius 2 is 1.96 bits per heavy atom. The highest BCUT2D eigenvalue weighted by molar-refractivity contribution is 5.85. The van der Waals surface area contributed by atoms with Crippen LogP contribution in [0.5, 0.6) is 0 Å². The molecule has 2 aromatic rings. The minimum absolute atomic E-state index is 0. The first-order valence-electron chi connectivity index (χ1n) is 8.73. The van der Waals surface area contributed by atoms with Gasteiger partial charge in [-0.05, 0) is 70.9 Å². The number of benzene rings is 1. The number of imidazole rings is 1. The van der Waals surface area contributed by atoms with Crippen LogP contribution >= 0.6 is 24.8 Å². The predicted octanol–water partition coefficient (Wildman–Crippen LogP) is 3.86. The van der Waals surface area contributed by atoms with E-state index < -0.39 is 0 Å². The predicted molar refractivity (Wildman–Crippen MR) is 106 cm³/mol. The van der Waals surface area contributed by atoms with Crippen molar-refractivity contribution in [2.24, 2.45) is 5.92 Å². The lowest BCUT2D eigenvalue weighted by molar-refractivity contribution is 0.167. The van der Waals surface area contributed by atoms with Gasteiger partial charge in [-0.3, -0.25) is 4.90 Å². The van der Waals surface area contributed by atoms with Crippen LogP contribution < -0.4 is 5.32 Å². The van der Waals surface area contributed by atoms with Gasteiger partial charge >= 0.3 is 0 Å². The van der Waals surface area contributed by atoms with Gasteiger partial charge in [-0.25, -0.2) is 9.37 Å². The molecule has 1 N–H and O–H groups in total. The average Bonchev–Trinajstić information content (AvgIpc) is 2.90. The van der Waals surface area contributed by atoms with Crippen LogP contribution in [0.15, 0.2) is 18.2 Å². The second-order valence-electron chi connectivity index (χ2n) is 6.52. The van der Waals surface area contributed by atoms with Crippen molar-refractivity contribution >= 4 is 35.8 Å². The van der Waals surface area contributed by atoms with Crippen molar-refractivity contribution in [2.45, 2.75) is 39.3 Å². The van der Waals surface area contributed by atoms with Crippen LogP contribution in [0.3, 0.4) is 0 Å². The van der Waals surface area contributed by atoms with Crippen molar-refractivity contribution in [1.82, 2.24) is 19.8 Å². The summed E-state index contributed by atoms with van der Waals surface area (Å²) in [6.45, 7) is 7.24. The Kier molecular flexibility index (Phi) is 9.14. The molecule has 1 fully saturated rings. The molecular formula is C18H29Cl2FN4. The minimum Gasteiger partial charge on any atom is -0.327 e. The Labute approximate surface area is 162 Å². The maximum absolute atomic E-state index is 13.4. The number of aryl methyl sites for hydroxylation is 1. The zero-order valence-electron chi connectivity index (χ0n) is 15.0. The molecule has 0 spiro atoms. The molecule has 1 aromatic heterocycles. The van der Waals surface area contributed by atoms with Gasteiger partial charge < -0.3 is 9.88 Å². The molecule has 0 bridgehead atoms. The van der Waals surface area contributed by atoms with Gasteiger partial charge in [0.25, 0.3) is 0 Å². The summed E-state index contributed by atoms with van der Waals surface area (Å²) in [5.74, 6) is 1.69. The molecule has 142 valence electrons. The van der Waals surface area contributed by atoms with Crippen LogP contribution in [0.4, 0.5) is 4.39 Å². The molecule has 1 aliphatic rings. The highest BCUT2D eigenvalue weighted by Gasteiger charge is 2.21. The number of hydrogen-bond acceptors (Lipinski definition) is 3. The summed E-state index contributed by atoms with van der Waals surface area (Å²) in [6.07, 6.45) is 3.81. The van der Waals surface area contributed by atoms with Crippen molar-refractivity contribution in [3.8, 4) is 0 Å². The summed E-state index contributed by atoms with van der Waals surface area (Å²) < 4.78 is 15.6.